The number of rotatable bonds is 2. The van der Waals surface area contributed by atoms with Gasteiger partial charge < -0.3 is 11.5 Å². The third kappa shape index (κ3) is 1.63. The zero-order valence-corrected chi connectivity index (χ0v) is 8.84. The zero-order valence-electron chi connectivity index (χ0n) is 8.84. The number of hydrogen-bond acceptors (Lipinski definition) is 3. The monoisotopic (exact) mass is 216 g/mol. The molecule has 0 atom stereocenters. The van der Waals surface area contributed by atoms with Crippen LogP contribution in [-0.4, -0.2) is 15.5 Å². The molecule has 82 valence electrons. The summed E-state index contributed by atoms with van der Waals surface area (Å²) in [6.45, 7) is 2.00. The molecule has 0 aliphatic rings. The number of hydrogen-bond donors (Lipinski definition) is 2. The minimum atomic E-state index is -0.622. The molecular formula is C11H12N4O. The Labute approximate surface area is 92.7 Å². The second-order valence-corrected chi connectivity index (χ2v) is 3.55. The van der Waals surface area contributed by atoms with E-state index in [1.54, 1.807) is 4.57 Å². The van der Waals surface area contributed by atoms with Crippen molar-refractivity contribution >= 4 is 11.7 Å². The van der Waals surface area contributed by atoms with Crippen molar-refractivity contribution < 1.29 is 4.79 Å². The van der Waals surface area contributed by atoms with E-state index in [0.717, 1.165) is 11.3 Å². The van der Waals surface area contributed by atoms with Crippen molar-refractivity contribution in [3.8, 4) is 5.69 Å². The van der Waals surface area contributed by atoms with Gasteiger partial charge in [-0.3, -0.25) is 9.36 Å². The standard InChI is InChI=1S/C11H12N4O/c1-7-2-4-8(5-3-7)15-6-14-9(10(15)12)11(13)16/h2-6H,12H2,1H3,(H2,13,16). The summed E-state index contributed by atoms with van der Waals surface area (Å²) in [7, 11) is 0. The molecule has 1 aromatic heterocycles. The number of carbonyl (C=O) groups excluding carboxylic acids is 1. The fraction of sp³-hybridized carbons (Fsp3) is 0.0909. The van der Waals surface area contributed by atoms with E-state index in [4.69, 9.17) is 11.5 Å². The first-order chi connectivity index (χ1) is 7.59. The summed E-state index contributed by atoms with van der Waals surface area (Å²) in [5.41, 5.74) is 13.0. The molecule has 0 radical (unpaired) electrons. The zero-order chi connectivity index (χ0) is 11.7. The molecule has 5 heteroatoms. The molecule has 1 aromatic carbocycles. The van der Waals surface area contributed by atoms with Gasteiger partial charge in [-0.2, -0.15) is 0 Å². The van der Waals surface area contributed by atoms with Crippen LogP contribution in [0.15, 0.2) is 30.6 Å². The van der Waals surface area contributed by atoms with E-state index in [-0.39, 0.29) is 11.5 Å². The lowest BCUT2D eigenvalue weighted by molar-refractivity contribution is 0.0997. The number of primary amides is 1. The van der Waals surface area contributed by atoms with Crippen LogP contribution in [0.25, 0.3) is 5.69 Å². The highest BCUT2D eigenvalue weighted by Gasteiger charge is 2.13. The molecular weight excluding hydrogens is 204 g/mol. The lowest BCUT2D eigenvalue weighted by atomic mass is 10.2. The van der Waals surface area contributed by atoms with Crippen LogP contribution in [0.3, 0.4) is 0 Å². The number of carbonyl (C=O) groups is 1. The largest absolute Gasteiger partial charge is 0.383 e. The Kier molecular flexibility index (Phi) is 2.36. The minimum Gasteiger partial charge on any atom is -0.383 e. The van der Waals surface area contributed by atoms with Crippen molar-refractivity contribution in [3.05, 3.63) is 41.9 Å². The number of nitrogens with zero attached hydrogens (tertiary/aromatic N) is 2. The van der Waals surface area contributed by atoms with Gasteiger partial charge in [-0.15, -0.1) is 0 Å². The van der Waals surface area contributed by atoms with Gasteiger partial charge in [-0.1, -0.05) is 17.7 Å². The predicted molar refractivity (Wildman–Crippen MR) is 61.2 cm³/mol. The summed E-state index contributed by atoms with van der Waals surface area (Å²) >= 11 is 0. The van der Waals surface area contributed by atoms with E-state index in [2.05, 4.69) is 4.98 Å². The number of benzene rings is 1. The molecule has 16 heavy (non-hydrogen) atoms. The number of imidazole rings is 1. The fourth-order valence-corrected chi connectivity index (χ4v) is 1.46. The number of aryl methyl sites for hydroxylation is 1. The second-order valence-electron chi connectivity index (χ2n) is 3.55. The molecule has 1 amide bonds. The van der Waals surface area contributed by atoms with Crippen LogP contribution < -0.4 is 11.5 Å². The van der Waals surface area contributed by atoms with Crippen LogP contribution in [0.1, 0.15) is 16.1 Å². The Bertz CT molecular complexity index is 527. The molecule has 1 heterocycles. The van der Waals surface area contributed by atoms with Gasteiger partial charge in [-0.05, 0) is 19.1 Å². The van der Waals surface area contributed by atoms with Crippen molar-refractivity contribution in [2.24, 2.45) is 5.73 Å². The first kappa shape index (κ1) is 10.2. The van der Waals surface area contributed by atoms with E-state index in [9.17, 15) is 4.79 Å². The second kappa shape index (κ2) is 3.69. The van der Waals surface area contributed by atoms with E-state index in [1.807, 2.05) is 31.2 Å². The van der Waals surface area contributed by atoms with Crippen LogP contribution in [0, 0.1) is 6.92 Å². The summed E-state index contributed by atoms with van der Waals surface area (Å²) in [5.74, 6) is -0.361. The molecule has 0 spiro atoms. The molecule has 2 aromatic rings. The maximum absolute atomic E-state index is 11.0. The highest BCUT2D eigenvalue weighted by atomic mass is 16.1. The average Bonchev–Trinajstić information content (AvgIpc) is 2.61. The van der Waals surface area contributed by atoms with Crippen molar-refractivity contribution in [3.63, 3.8) is 0 Å². The van der Waals surface area contributed by atoms with Gasteiger partial charge in [-0.25, -0.2) is 4.98 Å². The predicted octanol–water partition coefficient (Wildman–Crippen LogP) is 0.862. The van der Waals surface area contributed by atoms with Crippen molar-refractivity contribution in [2.45, 2.75) is 6.92 Å². The summed E-state index contributed by atoms with van der Waals surface area (Å²) in [5, 5.41) is 0. The van der Waals surface area contributed by atoms with Gasteiger partial charge in [0.25, 0.3) is 5.91 Å². The first-order valence-electron chi connectivity index (χ1n) is 4.79. The molecule has 0 unspecified atom stereocenters. The van der Waals surface area contributed by atoms with Crippen LogP contribution >= 0.6 is 0 Å². The molecule has 4 N–H and O–H groups in total. The van der Waals surface area contributed by atoms with Gasteiger partial charge in [0.1, 0.15) is 12.1 Å². The van der Waals surface area contributed by atoms with Crippen LogP contribution in [0.5, 0.6) is 0 Å². The Hall–Kier alpha value is -2.30. The van der Waals surface area contributed by atoms with E-state index in [0.29, 0.717) is 0 Å². The minimum absolute atomic E-state index is 0.0978. The molecule has 0 aliphatic heterocycles. The van der Waals surface area contributed by atoms with Gasteiger partial charge in [0, 0.05) is 5.69 Å². The van der Waals surface area contributed by atoms with Gasteiger partial charge in [0.2, 0.25) is 0 Å². The van der Waals surface area contributed by atoms with Gasteiger partial charge in [0.15, 0.2) is 5.69 Å². The Balaban J connectivity index is 2.49. The maximum atomic E-state index is 11.0. The van der Waals surface area contributed by atoms with Crippen molar-refractivity contribution in [1.82, 2.24) is 9.55 Å². The smallest absolute Gasteiger partial charge is 0.271 e. The van der Waals surface area contributed by atoms with E-state index in [1.165, 1.54) is 6.33 Å². The van der Waals surface area contributed by atoms with Gasteiger partial charge in [0.05, 0.1) is 0 Å². The van der Waals surface area contributed by atoms with E-state index < -0.39 is 5.91 Å². The molecule has 0 fully saturated rings. The molecule has 2 rings (SSSR count). The number of aromatic nitrogens is 2. The number of nitrogen functional groups attached to an aromatic ring is 1. The Morgan fingerprint density at radius 1 is 1.31 bits per heavy atom. The highest BCUT2D eigenvalue weighted by molar-refractivity contribution is 5.95. The summed E-state index contributed by atoms with van der Waals surface area (Å²) in [6.07, 6.45) is 1.49. The summed E-state index contributed by atoms with van der Waals surface area (Å²) in [6, 6.07) is 7.72. The van der Waals surface area contributed by atoms with Crippen molar-refractivity contribution in [1.29, 1.82) is 0 Å². The molecule has 0 aliphatic carbocycles. The fourth-order valence-electron chi connectivity index (χ4n) is 1.46. The van der Waals surface area contributed by atoms with Gasteiger partial charge >= 0.3 is 0 Å². The Morgan fingerprint density at radius 3 is 2.44 bits per heavy atom. The van der Waals surface area contributed by atoms with Crippen LogP contribution in [0.4, 0.5) is 5.82 Å². The maximum Gasteiger partial charge on any atom is 0.271 e. The molecule has 0 saturated carbocycles. The normalized spacial score (nSPS) is 10.3. The highest BCUT2D eigenvalue weighted by Crippen LogP contribution is 2.16. The SMILES string of the molecule is Cc1ccc(-n2cnc(C(N)=O)c2N)cc1. The number of anilines is 1. The molecule has 0 bridgehead atoms. The number of nitrogens with two attached hydrogens (primary N) is 2. The average molecular weight is 216 g/mol. The van der Waals surface area contributed by atoms with E-state index >= 15 is 0 Å². The summed E-state index contributed by atoms with van der Waals surface area (Å²) in [4.78, 5) is 14.9. The third-order valence-corrected chi connectivity index (χ3v) is 2.35. The number of amides is 1. The quantitative estimate of drug-likeness (QED) is 0.780. The lowest BCUT2D eigenvalue weighted by Gasteiger charge is -2.05. The van der Waals surface area contributed by atoms with Crippen LogP contribution in [-0.2, 0) is 0 Å². The first-order valence-corrected chi connectivity index (χ1v) is 4.79. The third-order valence-electron chi connectivity index (χ3n) is 2.35. The van der Waals surface area contributed by atoms with Crippen molar-refractivity contribution in [2.75, 3.05) is 5.73 Å². The Morgan fingerprint density at radius 2 is 1.94 bits per heavy atom. The summed E-state index contributed by atoms with van der Waals surface area (Å²) < 4.78 is 1.62. The molecule has 0 saturated heterocycles. The topological polar surface area (TPSA) is 86.9 Å². The lowest BCUT2D eigenvalue weighted by Crippen LogP contribution is -2.14. The molecule has 5 nitrogen and oxygen atoms in total. The van der Waals surface area contributed by atoms with Crippen LogP contribution in [0.2, 0.25) is 0 Å².